The molecule has 0 aromatic heterocycles. The van der Waals surface area contributed by atoms with Crippen molar-refractivity contribution >= 4 is 27.5 Å². The number of carbonyl (C=O) groups is 1. The molecule has 0 spiro atoms. The summed E-state index contributed by atoms with van der Waals surface area (Å²) >= 11 is 5.47. The van der Waals surface area contributed by atoms with E-state index in [9.17, 15) is 13.2 Å². The van der Waals surface area contributed by atoms with Crippen LogP contribution in [0.3, 0.4) is 0 Å². The Morgan fingerprint density at radius 3 is 2.50 bits per heavy atom. The molecule has 0 saturated carbocycles. The predicted molar refractivity (Wildman–Crippen MR) is 65.1 cm³/mol. The molecular formula is C9H19ClN2O3S. The van der Waals surface area contributed by atoms with Crippen molar-refractivity contribution in [1.29, 1.82) is 0 Å². The number of hydrogen-bond acceptors (Lipinski definition) is 3. The van der Waals surface area contributed by atoms with E-state index in [0.29, 0.717) is 18.7 Å². The quantitative estimate of drug-likeness (QED) is 0.513. The van der Waals surface area contributed by atoms with Crippen LogP contribution in [0.15, 0.2) is 0 Å². The standard InChI is InChI=1S/C9H19ClN2O3S/c1-11-9(13)5-7-12(2)16(14,15)8-4-3-6-10/h3-8H2,1-2H3,(H,11,13). The Bertz CT molecular complexity index is 306. The number of sulfonamides is 1. The zero-order valence-corrected chi connectivity index (χ0v) is 11.3. The molecule has 7 heteroatoms. The van der Waals surface area contributed by atoms with Crippen LogP contribution in [0.5, 0.6) is 0 Å². The van der Waals surface area contributed by atoms with E-state index in [0.717, 1.165) is 0 Å². The smallest absolute Gasteiger partial charge is 0.221 e. The lowest BCUT2D eigenvalue weighted by Crippen LogP contribution is -2.33. The van der Waals surface area contributed by atoms with Crippen LogP contribution in [0.2, 0.25) is 0 Å². The van der Waals surface area contributed by atoms with E-state index in [1.807, 2.05) is 0 Å². The van der Waals surface area contributed by atoms with Crippen LogP contribution in [0, 0.1) is 0 Å². The topological polar surface area (TPSA) is 66.5 Å². The maximum atomic E-state index is 11.7. The minimum absolute atomic E-state index is 0.0873. The van der Waals surface area contributed by atoms with Gasteiger partial charge in [-0.1, -0.05) is 0 Å². The number of alkyl halides is 1. The highest BCUT2D eigenvalue weighted by molar-refractivity contribution is 7.89. The van der Waals surface area contributed by atoms with Crippen LogP contribution >= 0.6 is 11.6 Å². The fourth-order valence-electron chi connectivity index (χ4n) is 1.06. The molecule has 5 nitrogen and oxygen atoms in total. The number of unbranched alkanes of at least 4 members (excludes halogenated alkanes) is 1. The van der Waals surface area contributed by atoms with Crippen LogP contribution < -0.4 is 5.32 Å². The lowest BCUT2D eigenvalue weighted by atomic mass is 10.4. The number of carbonyl (C=O) groups excluding carboxylic acids is 1. The van der Waals surface area contributed by atoms with Crippen molar-refractivity contribution in [3.8, 4) is 0 Å². The van der Waals surface area contributed by atoms with Gasteiger partial charge >= 0.3 is 0 Å². The van der Waals surface area contributed by atoms with Gasteiger partial charge < -0.3 is 5.32 Å². The summed E-state index contributed by atoms with van der Waals surface area (Å²) in [5, 5.41) is 2.45. The van der Waals surface area contributed by atoms with Gasteiger partial charge in [-0.3, -0.25) is 4.79 Å². The average Bonchev–Trinajstić information content (AvgIpc) is 2.25. The Hall–Kier alpha value is -0.330. The number of halogens is 1. The third-order valence-electron chi connectivity index (χ3n) is 2.19. The van der Waals surface area contributed by atoms with E-state index in [2.05, 4.69) is 5.32 Å². The SMILES string of the molecule is CNC(=O)CCN(C)S(=O)(=O)CCCCCl. The van der Waals surface area contributed by atoms with Crippen molar-refractivity contribution in [1.82, 2.24) is 9.62 Å². The van der Waals surface area contributed by atoms with Gasteiger partial charge in [-0.05, 0) is 12.8 Å². The molecule has 0 aromatic carbocycles. The first-order valence-corrected chi connectivity index (χ1v) is 7.29. The van der Waals surface area contributed by atoms with Gasteiger partial charge in [0.25, 0.3) is 0 Å². The largest absolute Gasteiger partial charge is 0.359 e. The number of nitrogens with one attached hydrogen (secondary N) is 1. The van der Waals surface area contributed by atoms with Gasteiger partial charge in [-0.15, -0.1) is 11.6 Å². The molecule has 0 bridgehead atoms. The lowest BCUT2D eigenvalue weighted by Gasteiger charge is -2.16. The number of nitrogens with zero attached hydrogens (tertiary/aromatic N) is 1. The summed E-state index contributed by atoms with van der Waals surface area (Å²) in [4.78, 5) is 11.0. The highest BCUT2D eigenvalue weighted by Crippen LogP contribution is 2.04. The first-order chi connectivity index (χ1) is 7.44. The second-order valence-electron chi connectivity index (χ2n) is 3.46. The van der Waals surface area contributed by atoms with E-state index in [4.69, 9.17) is 11.6 Å². The Balaban J connectivity index is 4.04. The number of rotatable bonds is 8. The van der Waals surface area contributed by atoms with Crippen molar-refractivity contribution in [2.75, 3.05) is 32.3 Å². The summed E-state index contributed by atoms with van der Waals surface area (Å²) in [6.07, 6.45) is 1.42. The van der Waals surface area contributed by atoms with Gasteiger partial charge in [0.05, 0.1) is 5.75 Å². The van der Waals surface area contributed by atoms with Gasteiger partial charge in [0.15, 0.2) is 0 Å². The average molecular weight is 271 g/mol. The van der Waals surface area contributed by atoms with Crippen molar-refractivity contribution in [2.24, 2.45) is 0 Å². The Morgan fingerprint density at radius 1 is 1.38 bits per heavy atom. The van der Waals surface area contributed by atoms with Crippen molar-refractivity contribution < 1.29 is 13.2 Å². The molecule has 0 aliphatic heterocycles. The maximum absolute atomic E-state index is 11.7. The van der Waals surface area contributed by atoms with E-state index < -0.39 is 10.0 Å². The minimum atomic E-state index is -3.24. The number of amides is 1. The minimum Gasteiger partial charge on any atom is -0.359 e. The second-order valence-corrected chi connectivity index (χ2v) is 6.03. The molecule has 16 heavy (non-hydrogen) atoms. The molecule has 0 atom stereocenters. The van der Waals surface area contributed by atoms with Crippen LogP contribution in [0.25, 0.3) is 0 Å². The van der Waals surface area contributed by atoms with Crippen LogP contribution in [-0.4, -0.2) is 50.9 Å². The molecule has 0 aromatic rings. The first-order valence-electron chi connectivity index (χ1n) is 5.14. The molecule has 0 fully saturated rings. The van der Waals surface area contributed by atoms with Crippen LogP contribution in [0.1, 0.15) is 19.3 Å². The summed E-state index contributed by atoms with van der Waals surface area (Å²) < 4.78 is 24.5. The van der Waals surface area contributed by atoms with E-state index >= 15 is 0 Å². The zero-order chi connectivity index (χ0) is 12.6. The van der Waals surface area contributed by atoms with Gasteiger partial charge in [-0.2, -0.15) is 0 Å². The normalized spacial score (nSPS) is 11.8. The number of hydrogen-bond donors (Lipinski definition) is 1. The van der Waals surface area contributed by atoms with E-state index in [1.54, 1.807) is 0 Å². The maximum Gasteiger partial charge on any atom is 0.221 e. The molecule has 0 saturated heterocycles. The Kier molecular flexibility index (Phi) is 7.70. The molecule has 0 unspecified atom stereocenters. The fourth-order valence-corrected chi connectivity index (χ4v) is 2.50. The van der Waals surface area contributed by atoms with Gasteiger partial charge in [0, 0.05) is 32.9 Å². The molecule has 1 amide bonds. The summed E-state index contributed by atoms with van der Waals surface area (Å²) in [7, 11) is -0.232. The summed E-state index contributed by atoms with van der Waals surface area (Å²) in [6.45, 7) is 0.211. The molecule has 96 valence electrons. The molecule has 0 rings (SSSR count). The molecule has 0 aliphatic carbocycles. The predicted octanol–water partition coefficient (Wildman–Crippen LogP) is 0.403. The Morgan fingerprint density at radius 2 is 2.00 bits per heavy atom. The second kappa shape index (κ2) is 7.86. The highest BCUT2D eigenvalue weighted by atomic mass is 35.5. The lowest BCUT2D eigenvalue weighted by molar-refractivity contribution is -0.120. The third-order valence-corrected chi connectivity index (χ3v) is 4.40. The molecular weight excluding hydrogens is 252 g/mol. The van der Waals surface area contributed by atoms with E-state index in [1.165, 1.54) is 18.4 Å². The molecule has 0 heterocycles. The van der Waals surface area contributed by atoms with E-state index in [-0.39, 0.29) is 24.6 Å². The monoisotopic (exact) mass is 270 g/mol. The first kappa shape index (κ1) is 15.7. The molecule has 0 radical (unpaired) electrons. The van der Waals surface area contributed by atoms with Gasteiger partial charge in [0.1, 0.15) is 0 Å². The van der Waals surface area contributed by atoms with Crippen molar-refractivity contribution in [3.63, 3.8) is 0 Å². The zero-order valence-electron chi connectivity index (χ0n) is 9.70. The molecule has 0 aliphatic rings. The van der Waals surface area contributed by atoms with Crippen LogP contribution in [0.4, 0.5) is 0 Å². The van der Waals surface area contributed by atoms with Gasteiger partial charge in [-0.25, -0.2) is 12.7 Å². The van der Waals surface area contributed by atoms with Crippen LogP contribution in [-0.2, 0) is 14.8 Å². The van der Waals surface area contributed by atoms with Gasteiger partial charge in [0.2, 0.25) is 15.9 Å². The molecule has 1 N–H and O–H groups in total. The highest BCUT2D eigenvalue weighted by Gasteiger charge is 2.17. The third kappa shape index (κ3) is 6.30. The Labute approximate surface area is 102 Å². The summed E-state index contributed by atoms with van der Waals surface area (Å²) in [5.74, 6) is 0.393. The summed E-state index contributed by atoms with van der Waals surface area (Å²) in [6, 6.07) is 0. The summed E-state index contributed by atoms with van der Waals surface area (Å²) in [5.41, 5.74) is 0. The van der Waals surface area contributed by atoms with Crippen molar-refractivity contribution in [3.05, 3.63) is 0 Å². The fraction of sp³-hybridized carbons (Fsp3) is 0.889. The van der Waals surface area contributed by atoms with Crippen molar-refractivity contribution in [2.45, 2.75) is 19.3 Å².